The Kier molecular flexibility index (Phi) is 7.44. The monoisotopic (exact) mass is 395 g/mol. The first-order valence-corrected chi connectivity index (χ1v) is 7.34. The molecule has 1 amide bonds. The number of ether oxygens (including phenoxy) is 2. The summed E-state index contributed by atoms with van der Waals surface area (Å²) in [6.45, 7) is 4.92. The van der Waals surface area contributed by atoms with Crippen molar-refractivity contribution in [3.8, 4) is 0 Å². The van der Waals surface area contributed by atoms with Crippen molar-refractivity contribution >= 4 is 17.8 Å². The van der Waals surface area contributed by atoms with Gasteiger partial charge in [-0.1, -0.05) is 6.58 Å². The predicted octanol–water partition coefficient (Wildman–Crippen LogP) is 2.22. The summed E-state index contributed by atoms with van der Waals surface area (Å²) in [7, 11) is 0. The van der Waals surface area contributed by atoms with Crippen LogP contribution in [0.25, 0.3) is 0 Å². The molecule has 6 nitrogen and oxygen atoms in total. The van der Waals surface area contributed by atoms with Crippen molar-refractivity contribution in [1.29, 1.82) is 0 Å². The van der Waals surface area contributed by atoms with Crippen LogP contribution in [0.5, 0.6) is 0 Å². The van der Waals surface area contributed by atoms with E-state index in [2.05, 4.69) is 16.1 Å². The molecular weight excluding hydrogens is 381 g/mol. The Balaban J connectivity index is 3.35. The van der Waals surface area contributed by atoms with Gasteiger partial charge in [-0.05, 0) is 13.8 Å². The van der Waals surface area contributed by atoms with Gasteiger partial charge in [-0.2, -0.15) is 0 Å². The predicted molar refractivity (Wildman–Crippen MR) is 79.5 cm³/mol. The average Bonchev–Trinajstić information content (AvgIpc) is 2.62. The molecule has 0 spiro atoms. The molecule has 1 unspecified atom stereocenters. The Bertz CT molecular complexity index is 767. The molecule has 0 saturated heterocycles. The molecule has 0 radical (unpaired) electrons. The number of carbonyl (C=O) groups excluding carboxylic acids is 3. The van der Waals surface area contributed by atoms with Crippen LogP contribution in [-0.2, 0) is 23.9 Å². The lowest BCUT2D eigenvalue weighted by Crippen LogP contribution is -2.37. The van der Waals surface area contributed by atoms with Crippen LogP contribution in [-0.4, -0.2) is 31.0 Å². The second-order valence-corrected chi connectivity index (χ2v) is 5.07. The topological polar surface area (TPSA) is 81.7 Å². The lowest BCUT2D eigenvalue weighted by atomic mass is 10.1. The van der Waals surface area contributed by atoms with Crippen molar-refractivity contribution in [3.05, 3.63) is 46.8 Å². The summed E-state index contributed by atoms with van der Waals surface area (Å²) in [6, 6.07) is 0. The van der Waals surface area contributed by atoms with Gasteiger partial charge in [-0.3, -0.25) is 9.59 Å². The fourth-order valence-electron chi connectivity index (χ4n) is 1.77. The highest BCUT2D eigenvalue weighted by atomic mass is 19.2. The summed E-state index contributed by atoms with van der Waals surface area (Å²) in [5, 5.41) is 1.83. The molecular formula is C16H14F5NO5. The standard InChI is InChI=1S/C16H14F5NO5/c1-4-26-7(23)5-22-15(24)14(27-16(25)6(2)3)8-9(17)11(19)13(21)12(20)10(8)18/h14H,2,4-5H2,1,3H3,(H,22,24). The number of hydrogen-bond donors (Lipinski definition) is 1. The van der Waals surface area contributed by atoms with Crippen LogP contribution in [0.3, 0.4) is 0 Å². The van der Waals surface area contributed by atoms with Crippen molar-refractivity contribution < 1.29 is 45.8 Å². The van der Waals surface area contributed by atoms with Crippen molar-refractivity contribution in [1.82, 2.24) is 5.32 Å². The highest BCUT2D eigenvalue weighted by Gasteiger charge is 2.36. The van der Waals surface area contributed by atoms with Crippen LogP contribution in [0.2, 0.25) is 0 Å². The third-order valence-electron chi connectivity index (χ3n) is 3.03. The molecule has 0 aliphatic carbocycles. The first kappa shape index (κ1) is 22.1. The minimum Gasteiger partial charge on any atom is -0.465 e. The molecule has 148 valence electrons. The van der Waals surface area contributed by atoms with E-state index < -0.39 is 65.1 Å². The largest absolute Gasteiger partial charge is 0.465 e. The molecule has 0 aromatic heterocycles. The molecule has 1 aromatic carbocycles. The number of halogens is 5. The maximum atomic E-state index is 14.0. The summed E-state index contributed by atoms with van der Waals surface area (Å²) in [5.41, 5.74) is -2.01. The molecule has 1 aromatic rings. The number of rotatable bonds is 7. The molecule has 0 fully saturated rings. The van der Waals surface area contributed by atoms with Gasteiger partial charge in [0.25, 0.3) is 5.91 Å². The molecule has 1 atom stereocenters. The van der Waals surface area contributed by atoms with E-state index in [-0.39, 0.29) is 12.2 Å². The van der Waals surface area contributed by atoms with Gasteiger partial charge in [0.1, 0.15) is 6.54 Å². The Morgan fingerprint density at radius 1 is 1.00 bits per heavy atom. The Hall–Kier alpha value is -2.98. The molecule has 11 heteroatoms. The van der Waals surface area contributed by atoms with Crippen LogP contribution in [0, 0.1) is 29.1 Å². The van der Waals surface area contributed by atoms with Crippen LogP contribution in [0.15, 0.2) is 12.2 Å². The van der Waals surface area contributed by atoms with Gasteiger partial charge in [0.05, 0.1) is 12.2 Å². The third kappa shape index (κ3) is 5.02. The van der Waals surface area contributed by atoms with Gasteiger partial charge >= 0.3 is 11.9 Å². The molecule has 0 aliphatic heterocycles. The van der Waals surface area contributed by atoms with E-state index in [0.29, 0.717) is 0 Å². The number of esters is 2. The zero-order valence-corrected chi connectivity index (χ0v) is 14.1. The van der Waals surface area contributed by atoms with Gasteiger partial charge in [0.2, 0.25) is 11.9 Å². The molecule has 27 heavy (non-hydrogen) atoms. The van der Waals surface area contributed by atoms with E-state index in [1.165, 1.54) is 6.92 Å². The zero-order chi connectivity index (χ0) is 20.9. The van der Waals surface area contributed by atoms with Gasteiger partial charge in [-0.25, -0.2) is 26.7 Å². The van der Waals surface area contributed by atoms with Gasteiger partial charge in [0.15, 0.2) is 23.3 Å². The highest BCUT2D eigenvalue weighted by Crippen LogP contribution is 2.30. The first-order valence-electron chi connectivity index (χ1n) is 7.34. The second kappa shape index (κ2) is 9.10. The number of nitrogens with one attached hydrogen (secondary N) is 1. The SMILES string of the molecule is C=C(C)C(=O)OC(C(=O)NCC(=O)OCC)c1c(F)c(F)c(F)c(F)c1F. The fourth-order valence-corrected chi connectivity index (χ4v) is 1.77. The molecule has 0 aliphatic rings. The molecule has 1 rings (SSSR count). The maximum Gasteiger partial charge on any atom is 0.334 e. The van der Waals surface area contributed by atoms with Gasteiger partial charge < -0.3 is 14.8 Å². The number of amides is 1. The van der Waals surface area contributed by atoms with E-state index in [0.717, 1.165) is 6.92 Å². The Morgan fingerprint density at radius 2 is 1.48 bits per heavy atom. The lowest BCUT2D eigenvalue weighted by molar-refractivity contribution is -0.154. The van der Waals surface area contributed by atoms with E-state index in [9.17, 15) is 36.3 Å². The highest BCUT2D eigenvalue weighted by molar-refractivity contribution is 5.92. The number of carbonyl (C=O) groups is 3. The van der Waals surface area contributed by atoms with Crippen LogP contribution < -0.4 is 5.32 Å². The van der Waals surface area contributed by atoms with Gasteiger partial charge in [0, 0.05) is 5.57 Å². The Morgan fingerprint density at radius 3 is 1.93 bits per heavy atom. The third-order valence-corrected chi connectivity index (χ3v) is 3.03. The minimum atomic E-state index is -2.58. The molecule has 0 heterocycles. The summed E-state index contributed by atoms with van der Waals surface area (Å²) < 4.78 is 77.0. The van der Waals surface area contributed by atoms with E-state index in [1.54, 1.807) is 0 Å². The normalized spacial score (nSPS) is 11.5. The molecule has 0 saturated carbocycles. The fraction of sp³-hybridized carbons (Fsp3) is 0.312. The number of benzene rings is 1. The lowest BCUT2D eigenvalue weighted by Gasteiger charge is -2.19. The quantitative estimate of drug-likeness (QED) is 0.252. The van der Waals surface area contributed by atoms with Crippen molar-refractivity contribution in [2.24, 2.45) is 0 Å². The Labute approximate surface area is 149 Å². The first-order chi connectivity index (χ1) is 12.5. The molecule has 0 bridgehead atoms. The van der Waals surface area contributed by atoms with Crippen LogP contribution >= 0.6 is 0 Å². The summed E-state index contributed by atoms with van der Waals surface area (Å²) in [5.74, 6) is -15.7. The average molecular weight is 395 g/mol. The van der Waals surface area contributed by atoms with Crippen molar-refractivity contribution in [2.75, 3.05) is 13.2 Å². The zero-order valence-electron chi connectivity index (χ0n) is 14.1. The minimum absolute atomic E-state index is 0.0413. The summed E-state index contributed by atoms with van der Waals surface area (Å²) in [6.07, 6.45) is -2.58. The smallest absolute Gasteiger partial charge is 0.334 e. The van der Waals surface area contributed by atoms with Crippen LogP contribution in [0.4, 0.5) is 22.0 Å². The molecule has 1 N–H and O–H groups in total. The maximum absolute atomic E-state index is 14.0. The van der Waals surface area contributed by atoms with Gasteiger partial charge in [-0.15, -0.1) is 0 Å². The number of hydrogen-bond acceptors (Lipinski definition) is 5. The summed E-state index contributed by atoms with van der Waals surface area (Å²) in [4.78, 5) is 35.0. The second-order valence-electron chi connectivity index (χ2n) is 5.07. The van der Waals surface area contributed by atoms with E-state index in [1.807, 2.05) is 5.32 Å². The van der Waals surface area contributed by atoms with E-state index in [4.69, 9.17) is 0 Å². The van der Waals surface area contributed by atoms with Crippen molar-refractivity contribution in [3.63, 3.8) is 0 Å². The van der Waals surface area contributed by atoms with Crippen LogP contribution in [0.1, 0.15) is 25.5 Å². The summed E-state index contributed by atoms with van der Waals surface area (Å²) >= 11 is 0. The van der Waals surface area contributed by atoms with Crippen molar-refractivity contribution in [2.45, 2.75) is 20.0 Å². The van der Waals surface area contributed by atoms with E-state index >= 15 is 0 Å².